The molecule has 0 radical (unpaired) electrons. The van der Waals surface area contributed by atoms with E-state index in [9.17, 15) is 13.2 Å². The van der Waals surface area contributed by atoms with Crippen LogP contribution in [0.2, 0.25) is 10.0 Å². The number of aliphatic hydroxyl groups is 1. The fourth-order valence-corrected chi connectivity index (χ4v) is 15.6. The van der Waals surface area contributed by atoms with Crippen molar-refractivity contribution in [3.05, 3.63) is 369 Å². The molecule has 9 nitrogen and oxygen atoms in total. The molecule has 7 heterocycles. The molecule has 6 aliphatic rings. The van der Waals surface area contributed by atoms with E-state index in [2.05, 4.69) is 66.0 Å². The van der Waals surface area contributed by atoms with E-state index < -0.39 is 0 Å². The zero-order chi connectivity index (χ0) is 74.5. The third kappa shape index (κ3) is 17.7. The summed E-state index contributed by atoms with van der Waals surface area (Å²) in [5.41, 5.74) is 20.8. The van der Waals surface area contributed by atoms with Gasteiger partial charge in [0, 0.05) is 21.4 Å². The lowest BCUT2D eigenvalue weighted by atomic mass is 9.53. The fraction of sp³-hybridized carbons (Fsp3) is 0.126. The first-order chi connectivity index (χ1) is 52.9. The maximum Gasteiger partial charge on any atom is 0.372 e. The summed E-state index contributed by atoms with van der Waals surface area (Å²) in [5.74, 6) is 1.12. The number of rotatable bonds is 10. The molecule has 2 atom stereocenters. The number of aliphatic hydroxyl groups excluding tert-OH is 1. The number of thiophene rings is 1. The molecule has 19 rings (SSSR count). The molecule has 1 aromatic heterocycles. The smallest absolute Gasteiger partial charge is 0.372 e. The van der Waals surface area contributed by atoms with Gasteiger partial charge in [0.1, 0.15) is 29.0 Å². The highest BCUT2D eigenvalue weighted by Crippen LogP contribution is 2.32. The van der Waals surface area contributed by atoms with E-state index in [-0.39, 0.29) is 77.8 Å². The molecule has 1 N–H and O–H groups in total. The highest BCUT2D eigenvalue weighted by Gasteiger charge is 2.39. The van der Waals surface area contributed by atoms with Gasteiger partial charge in [-0.1, -0.05) is 229 Å². The predicted octanol–water partition coefficient (Wildman–Crippen LogP) is 11.4. The van der Waals surface area contributed by atoms with Gasteiger partial charge in [-0.05, 0) is 208 Å². The molecule has 12 aromatic carbocycles. The van der Waals surface area contributed by atoms with E-state index in [1.54, 1.807) is 55.9 Å². The standard InChI is InChI=1S/C19H13BClFO.C14H12BClO2.2C14H12BFO.C14H13BO2.C12H11BO2S/c21-15-8-4-7-14(11-15)20-18-10-9-16(22)12-17(18)19(23-20)13-5-2-1-3-6-13;16-13-3-1-2-12(7-13)15-14-5-4-10(8-17)6-11(14)9-18-15;1-10-13-9-12(16)7-8-14(13)15(17-10)11-5-3-2-4-6-11;16-13-6-3-5-12(10-13)15-14-7-2-1-4-11(14)8-9-17-15;1-16-13-7-8-14-11(9-13)10-17-15(14)12-5-3-2-4-6-12;1-14-10-4-5-11-9(7-10)8-15-13(11)12-3-2-6-16-12/h1-12,19H;1-7,17H,8-9H2;2-10H,1H3;1-7,10H,8-9H2;2-9H,10H2,1H3;2-7H,8H2,1H3. The van der Waals surface area contributed by atoms with Gasteiger partial charge in [0.25, 0.3) is 0 Å². The number of fused-ring (bicyclic) bond motifs is 6. The number of benzene rings is 12. The number of ether oxygens (including phenoxy) is 2. The van der Waals surface area contributed by atoms with Gasteiger partial charge in [-0.25, -0.2) is 13.2 Å². The van der Waals surface area contributed by atoms with Crippen molar-refractivity contribution in [2.24, 2.45) is 0 Å². The minimum atomic E-state index is -0.272. The summed E-state index contributed by atoms with van der Waals surface area (Å²) in [7, 11) is 3.38. The summed E-state index contributed by atoms with van der Waals surface area (Å²) >= 11 is 13.9. The van der Waals surface area contributed by atoms with Crippen LogP contribution in [-0.2, 0) is 60.8 Å². The monoisotopic (exact) mass is 1490 g/mol. The maximum absolute atomic E-state index is 13.8. The van der Waals surface area contributed by atoms with Crippen molar-refractivity contribution in [2.75, 3.05) is 20.8 Å². The highest BCUT2D eigenvalue weighted by molar-refractivity contribution is 7.23. The van der Waals surface area contributed by atoms with E-state index in [1.807, 2.05) is 189 Å². The molecule has 0 aliphatic carbocycles. The molecular weight excluding hydrogens is 1410 g/mol. The number of hydrogen-bond acceptors (Lipinski definition) is 10. The number of hydrogen-bond donors (Lipinski definition) is 1. The topological polar surface area (TPSA) is 94.1 Å². The molecule has 0 saturated carbocycles. The van der Waals surface area contributed by atoms with Gasteiger partial charge < -0.3 is 42.5 Å². The van der Waals surface area contributed by atoms with Crippen molar-refractivity contribution in [2.45, 2.75) is 52.0 Å². The Labute approximate surface area is 645 Å². The summed E-state index contributed by atoms with van der Waals surface area (Å²) in [6, 6.07) is 92.6. The lowest BCUT2D eigenvalue weighted by Gasteiger charge is -2.23. The Morgan fingerprint density at radius 3 is 1.45 bits per heavy atom. The Balaban J connectivity index is 0.000000109. The van der Waals surface area contributed by atoms with Crippen LogP contribution in [0.4, 0.5) is 13.2 Å². The van der Waals surface area contributed by atoms with Crippen molar-refractivity contribution in [1.82, 2.24) is 0 Å². The van der Waals surface area contributed by atoms with Crippen LogP contribution >= 0.6 is 34.5 Å². The maximum atomic E-state index is 13.8. The Morgan fingerprint density at radius 2 is 0.861 bits per heavy atom. The Kier molecular flexibility index (Phi) is 24.8. The van der Waals surface area contributed by atoms with Gasteiger partial charge in [0.15, 0.2) is 0 Å². The SMILES string of the molecule is CC1OB(c2ccccc2)c2ccc(F)cc21.COc1ccc2c(c1)COB2c1ccccc1.COc1ccc2c(c1)COB2c1cccs1.Fc1ccc2c(c1)C(c1ccccc1)OB2c1cccc(Cl)c1.Fc1cccc(B2OCCc3ccccc32)c1.OCc1ccc2c(c1)COB2c1cccc(Cl)c1. The molecule has 6 aliphatic heterocycles. The highest BCUT2D eigenvalue weighted by atomic mass is 35.5. The second-order valence-corrected chi connectivity index (χ2v) is 28.5. The molecule has 0 bridgehead atoms. The van der Waals surface area contributed by atoms with E-state index >= 15 is 0 Å². The summed E-state index contributed by atoms with van der Waals surface area (Å²) < 4.78 is 87.4. The molecule has 534 valence electrons. The van der Waals surface area contributed by atoms with Crippen molar-refractivity contribution >= 4 is 141 Å². The van der Waals surface area contributed by atoms with Crippen molar-refractivity contribution < 1.29 is 55.7 Å². The first kappa shape index (κ1) is 75.2. The van der Waals surface area contributed by atoms with Crippen LogP contribution in [0, 0.1) is 17.5 Å². The van der Waals surface area contributed by atoms with Crippen molar-refractivity contribution in [3.63, 3.8) is 0 Å². The van der Waals surface area contributed by atoms with Crippen LogP contribution in [0.3, 0.4) is 0 Å². The van der Waals surface area contributed by atoms with Crippen molar-refractivity contribution in [1.29, 1.82) is 0 Å². The summed E-state index contributed by atoms with van der Waals surface area (Å²) in [4.78, 5) is 0. The van der Waals surface area contributed by atoms with Gasteiger partial charge in [0.05, 0.1) is 52.9 Å². The lowest BCUT2D eigenvalue weighted by Crippen LogP contribution is -2.50. The average molecular weight is 1490 g/mol. The first-order valence-electron chi connectivity index (χ1n) is 35.8. The molecule has 0 amide bonds. The Bertz CT molecular complexity index is 5200. The van der Waals surface area contributed by atoms with Crippen molar-refractivity contribution in [3.8, 4) is 11.5 Å². The molecule has 21 heteroatoms. The Morgan fingerprint density at radius 1 is 0.398 bits per heavy atom. The summed E-state index contributed by atoms with van der Waals surface area (Å²) in [6.07, 6.45) is 0.610. The second kappa shape index (κ2) is 35.6. The van der Waals surface area contributed by atoms with Crippen LogP contribution in [0.25, 0.3) is 0 Å². The fourth-order valence-electron chi connectivity index (χ4n) is 14.5. The van der Waals surface area contributed by atoms with Gasteiger partial charge in [-0.3, -0.25) is 0 Å². The van der Waals surface area contributed by atoms with Crippen LogP contribution in [-0.4, -0.2) is 67.4 Å². The Hall–Kier alpha value is -9.58. The van der Waals surface area contributed by atoms with E-state index in [4.69, 9.17) is 65.7 Å². The lowest BCUT2D eigenvalue weighted by molar-refractivity contribution is 0.251. The number of methoxy groups -OCH3 is 2. The average Bonchev–Trinajstić information content (AvgIpc) is 1.59. The van der Waals surface area contributed by atoms with E-state index in [0.29, 0.717) is 31.5 Å². The minimum absolute atomic E-state index is 0.0496. The van der Waals surface area contributed by atoms with Gasteiger partial charge in [-0.15, -0.1) is 0 Å². The molecule has 108 heavy (non-hydrogen) atoms. The normalized spacial score (nSPS) is 15.2. The van der Waals surface area contributed by atoms with Crippen LogP contribution in [0.5, 0.6) is 11.5 Å². The zero-order valence-electron chi connectivity index (χ0n) is 59.7. The predicted molar refractivity (Wildman–Crippen MR) is 437 cm³/mol. The molecule has 2 unspecified atom stereocenters. The molecule has 0 fully saturated rings. The zero-order valence-corrected chi connectivity index (χ0v) is 62.0. The minimum Gasteiger partial charge on any atom is -0.497 e. The van der Waals surface area contributed by atoms with Crippen LogP contribution < -0.4 is 74.3 Å². The summed E-state index contributed by atoms with van der Waals surface area (Å²) in [5, 5.41) is 12.6. The van der Waals surface area contributed by atoms with Crippen LogP contribution in [0.15, 0.2) is 297 Å². The van der Waals surface area contributed by atoms with Gasteiger partial charge >= 0.3 is 41.5 Å². The third-order valence-electron chi connectivity index (χ3n) is 19.7. The summed E-state index contributed by atoms with van der Waals surface area (Å²) in [6.45, 7) is 4.33. The van der Waals surface area contributed by atoms with E-state index in [0.717, 1.165) is 94.5 Å². The van der Waals surface area contributed by atoms with E-state index in [1.165, 1.54) is 56.1 Å². The second-order valence-electron chi connectivity index (χ2n) is 26.6. The molecular formula is C87H73B6Cl2F3O9S. The van der Waals surface area contributed by atoms with Gasteiger partial charge in [-0.2, -0.15) is 11.3 Å². The first-order valence-corrected chi connectivity index (χ1v) is 37.4. The molecule has 0 spiro atoms. The van der Waals surface area contributed by atoms with Gasteiger partial charge in [0.2, 0.25) is 0 Å². The number of halogens is 5. The van der Waals surface area contributed by atoms with Crippen LogP contribution in [0.1, 0.15) is 63.6 Å². The molecule has 0 saturated heterocycles. The quantitative estimate of drug-likeness (QED) is 0.134. The largest absolute Gasteiger partial charge is 0.497 e. The third-order valence-corrected chi connectivity index (χ3v) is 21.1. The molecule has 13 aromatic rings.